The molecule has 1 aliphatic heterocycles. The van der Waals surface area contributed by atoms with Crippen LogP contribution in [0.5, 0.6) is 11.5 Å². The molecular weight excluding hydrogens is 417 g/mol. The number of ether oxygens (including phenoxy) is 2. The van der Waals surface area contributed by atoms with Gasteiger partial charge < -0.3 is 30.1 Å². The first kappa shape index (κ1) is 24.0. The second-order valence-electron chi connectivity index (χ2n) is 8.69. The Bertz CT molecular complexity index is 979. The van der Waals surface area contributed by atoms with Gasteiger partial charge in [-0.1, -0.05) is 19.1 Å². The molecule has 0 unspecified atom stereocenters. The normalized spacial score (nSPS) is 24.7. The van der Waals surface area contributed by atoms with Gasteiger partial charge in [0.15, 0.2) is 0 Å². The van der Waals surface area contributed by atoms with Crippen LogP contribution in [0.15, 0.2) is 36.4 Å². The standard InChI is InChI=1S/C24H30FNO6/c1-13-21(29)22(30)23(32-24(13,3)4)31-17-11-19(15-6-5-7-16(25)10-15)18(20(28)12-17)8-9-26-14(2)27/h5-7,10-13,21-23,28-30H,8-9H2,1-4H3,(H,26,27)/t13-,21-,22-,23-/m1/s1. The maximum absolute atomic E-state index is 13.9. The van der Waals surface area contributed by atoms with E-state index in [4.69, 9.17) is 9.47 Å². The monoisotopic (exact) mass is 447 g/mol. The summed E-state index contributed by atoms with van der Waals surface area (Å²) in [6, 6.07) is 8.90. The second kappa shape index (κ2) is 9.44. The topological polar surface area (TPSA) is 108 Å². The fraction of sp³-hybridized carbons (Fsp3) is 0.458. The van der Waals surface area contributed by atoms with Gasteiger partial charge >= 0.3 is 0 Å². The summed E-state index contributed by atoms with van der Waals surface area (Å²) < 4.78 is 25.6. The summed E-state index contributed by atoms with van der Waals surface area (Å²) in [7, 11) is 0. The summed E-state index contributed by atoms with van der Waals surface area (Å²) in [5, 5.41) is 34.3. The number of phenolic OH excluding ortho intramolecular Hbond substituents is 1. The zero-order valence-corrected chi connectivity index (χ0v) is 18.6. The van der Waals surface area contributed by atoms with E-state index in [1.165, 1.54) is 25.1 Å². The van der Waals surface area contributed by atoms with Crippen molar-refractivity contribution in [1.82, 2.24) is 5.32 Å². The molecule has 1 saturated heterocycles. The Kier molecular flexibility index (Phi) is 7.07. The van der Waals surface area contributed by atoms with Crippen molar-refractivity contribution in [3.05, 3.63) is 47.8 Å². The highest BCUT2D eigenvalue weighted by Crippen LogP contribution is 2.39. The minimum Gasteiger partial charge on any atom is -0.508 e. The molecule has 4 atom stereocenters. The maximum Gasteiger partial charge on any atom is 0.229 e. The first-order chi connectivity index (χ1) is 15.0. The number of phenols is 1. The lowest BCUT2D eigenvalue weighted by atomic mass is 9.82. The smallest absolute Gasteiger partial charge is 0.229 e. The van der Waals surface area contributed by atoms with Crippen LogP contribution in [-0.2, 0) is 16.0 Å². The predicted molar refractivity (Wildman–Crippen MR) is 117 cm³/mol. The van der Waals surface area contributed by atoms with E-state index in [9.17, 15) is 24.5 Å². The van der Waals surface area contributed by atoms with E-state index < -0.39 is 29.9 Å². The molecule has 0 spiro atoms. The number of amides is 1. The van der Waals surface area contributed by atoms with E-state index >= 15 is 0 Å². The Labute approximate surface area is 186 Å². The zero-order chi connectivity index (χ0) is 23.6. The second-order valence-corrected chi connectivity index (χ2v) is 8.69. The Morgan fingerprint density at radius 3 is 2.59 bits per heavy atom. The number of carbonyl (C=O) groups excluding carboxylic acids is 1. The Morgan fingerprint density at radius 1 is 1.22 bits per heavy atom. The van der Waals surface area contributed by atoms with E-state index in [0.29, 0.717) is 23.1 Å². The summed E-state index contributed by atoms with van der Waals surface area (Å²) >= 11 is 0. The first-order valence-corrected chi connectivity index (χ1v) is 10.6. The Balaban J connectivity index is 1.96. The molecule has 32 heavy (non-hydrogen) atoms. The van der Waals surface area contributed by atoms with Gasteiger partial charge in [-0.3, -0.25) is 4.79 Å². The molecule has 1 amide bonds. The third kappa shape index (κ3) is 5.20. The molecule has 7 nitrogen and oxygen atoms in total. The molecule has 1 fully saturated rings. The molecule has 0 bridgehead atoms. The molecule has 2 aromatic carbocycles. The van der Waals surface area contributed by atoms with Crippen LogP contribution in [0.25, 0.3) is 11.1 Å². The highest BCUT2D eigenvalue weighted by atomic mass is 19.1. The minimum atomic E-state index is -1.29. The Hall–Kier alpha value is -2.68. The van der Waals surface area contributed by atoms with Crippen molar-refractivity contribution < 1.29 is 34.0 Å². The van der Waals surface area contributed by atoms with Crippen LogP contribution < -0.4 is 10.1 Å². The molecule has 0 saturated carbocycles. The molecule has 1 heterocycles. The fourth-order valence-electron chi connectivity index (χ4n) is 3.81. The summed E-state index contributed by atoms with van der Waals surface area (Å²) in [4.78, 5) is 11.2. The van der Waals surface area contributed by atoms with Crippen LogP contribution in [0.2, 0.25) is 0 Å². The van der Waals surface area contributed by atoms with Gasteiger partial charge in [0.1, 0.15) is 23.4 Å². The summed E-state index contributed by atoms with van der Waals surface area (Å²) in [5.74, 6) is -0.886. The molecular formula is C24H30FNO6. The van der Waals surface area contributed by atoms with E-state index in [-0.39, 0.29) is 29.9 Å². The number of carbonyl (C=O) groups is 1. The van der Waals surface area contributed by atoms with Crippen LogP contribution in [0.3, 0.4) is 0 Å². The molecule has 4 N–H and O–H groups in total. The van der Waals surface area contributed by atoms with E-state index in [2.05, 4.69) is 5.32 Å². The molecule has 2 aromatic rings. The van der Waals surface area contributed by atoms with Crippen molar-refractivity contribution in [2.75, 3.05) is 6.54 Å². The average molecular weight is 448 g/mol. The van der Waals surface area contributed by atoms with Crippen LogP contribution in [0, 0.1) is 11.7 Å². The van der Waals surface area contributed by atoms with Crippen LogP contribution in [0.4, 0.5) is 4.39 Å². The quantitative estimate of drug-likeness (QED) is 0.542. The molecule has 0 radical (unpaired) electrons. The van der Waals surface area contributed by atoms with Crippen molar-refractivity contribution in [2.45, 2.75) is 58.2 Å². The molecule has 174 valence electrons. The van der Waals surface area contributed by atoms with Gasteiger partial charge in [0.25, 0.3) is 0 Å². The lowest BCUT2D eigenvalue weighted by Gasteiger charge is -2.46. The number of aliphatic hydroxyl groups is 2. The first-order valence-electron chi connectivity index (χ1n) is 10.6. The van der Waals surface area contributed by atoms with Crippen molar-refractivity contribution >= 4 is 5.91 Å². The van der Waals surface area contributed by atoms with Gasteiger partial charge in [-0.2, -0.15) is 0 Å². The average Bonchev–Trinajstić information content (AvgIpc) is 2.71. The van der Waals surface area contributed by atoms with Crippen LogP contribution in [0.1, 0.15) is 33.3 Å². The lowest BCUT2D eigenvalue weighted by molar-refractivity contribution is -0.284. The predicted octanol–water partition coefficient (Wildman–Crippen LogP) is 2.75. The number of rotatable bonds is 6. The number of aliphatic hydroxyl groups excluding tert-OH is 2. The van der Waals surface area contributed by atoms with Gasteiger partial charge in [0.05, 0.1) is 11.7 Å². The molecule has 1 aliphatic rings. The van der Waals surface area contributed by atoms with E-state index in [1.807, 2.05) is 0 Å². The molecule has 8 heteroatoms. The number of benzene rings is 2. The van der Waals surface area contributed by atoms with Crippen molar-refractivity contribution in [3.8, 4) is 22.6 Å². The van der Waals surface area contributed by atoms with Crippen LogP contribution >= 0.6 is 0 Å². The van der Waals surface area contributed by atoms with Crippen molar-refractivity contribution in [2.24, 2.45) is 5.92 Å². The highest BCUT2D eigenvalue weighted by molar-refractivity contribution is 5.74. The van der Waals surface area contributed by atoms with Crippen LogP contribution in [-0.4, -0.2) is 51.9 Å². The number of halogens is 1. The van der Waals surface area contributed by atoms with Gasteiger partial charge in [-0.05, 0) is 49.6 Å². The van der Waals surface area contributed by atoms with Gasteiger partial charge in [-0.15, -0.1) is 0 Å². The summed E-state index contributed by atoms with van der Waals surface area (Å²) in [6.45, 7) is 7.06. The van der Waals surface area contributed by atoms with Crippen molar-refractivity contribution in [3.63, 3.8) is 0 Å². The maximum atomic E-state index is 13.9. The van der Waals surface area contributed by atoms with Gasteiger partial charge in [0, 0.05) is 31.0 Å². The highest BCUT2D eigenvalue weighted by Gasteiger charge is 2.47. The fourth-order valence-corrected chi connectivity index (χ4v) is 3.81. The summed E-state index contributed by atoms with van der Waals surface area (Å²) in [6.07, 6.45) is -3.21. The minimum absolute atomic E-state index is 0.106. The number of nitrogens with one attached hydrogen (secondary N) is 1. The molecule has 0 aliphatic carbocycles. The third-order valence-corrected chi connectivity index (χ3v) is 5.99. The summed E-state index contributed by atoms with van der Waals surface area (Å²) in [5.41, 5.74) is 0.788. The van der Waals surface area contributed by atoms with Gasteiger partial charge in [-0.25, -0.2) is 4.39 Å². The SMILES string of the molecule is CC(=O)NCCc1c(O)cc(O[C@@H]2OC(C)(C)[C@H](C)[C@@H](O)[C@H]2O)cc1-c1cccc(F)c1. The number of hydrogen-bond donors (Lipinski definition) is 4. The largest absolute Gasteiger partial charge is 0.508 e. The molecule has 3 rings (SSSR count). The Morgan fingerprint density at radius 2 is 1.94 bits per heavy atom. The van der Waals surface area contributed by atoms with Crippen molar-refractivity contribution in [1.29, 1.82) is 0 Å². The zero-order valence-electron chi connectivity index (χ0n) is 18.6. The third-order valence-electron chi connectivity index (χ3n) is 5.99. The van der Waals surface area contributed by atoms with E-state index in [1.54, 1.807) is 39.0 Å². The number of hydrogen-bond acceptors (Lipinski definition) is 6. The lowest BCUT2D eigenvalue weighted by Crippen LogP contribution is -2.59. The van der Waals surface area contributed by atoms with E-state index in [0.717, 1.165) is 0 Å². The van der Waals surface area contributed by atoms with Gasteiger partial charge in [0.2, 0.25) is 12.2 Å². The number of aromatic hydroxyl groups is 1. The molecule has 0 aromatic heterocycles.